The number of alkyl halides is 3. The molecule has 0 saturated carbocycles. The van der Waals surface area contributed by atoms with E-state index >= 15 is 0 Å². The van der Waals surface area contributed by atoms with E-state index in [0.717, 1.165) is 49.0 Å². The van der Waals surface area contributed by atoms with Gasteiger partial charge in [-0.2, -0.15) is 13.2 Å². The average molecular weight is 558 g/mol. The summed E-state index contributed by atoms with van der Waals surface area (Å²) in [6.45, 7) is 7.51. The van der Waals surface area contributed by atoms with Crippen molar-refractivity contribution in [3.8, 4) is 17.2 Å². The SMILES string of the molecule is C/C=C/COc1cc(C)c(OCCCCCOc2ccc(/C(=N/OC)C(F)(F)F)cc2Br)c(C)c1. The van der Waals surface area contributed by atoms with Crippen LogP contribution in [0.1, 0.15) is 42.9 Å². The van der Waals surface area contributed by atoms with E-state index in [1.54, 1.807) is 0 Å². The first-order valence-corrected chi connectivity index (χ1v) is 12.1. The van der Waals surface area contributed by atoms with Gasteiger partial charge in [-0.15, -0.1) is 0 Å². The van der Waals surface area contributed by atoms with E-state index < -0.39 is 11.9 Å². The smallest absolute Gasteiger partial charge is 0.437 e. The molecule has 0 spiro atoms. The Morgan fingerprint density at radius 3 is 2.20 bits per heavy atom. The molecule has 0 heterocycles. The maximum atomic E-state index is 13.1. The number of aryl methyl sites for hydroxylation is 2. The molecule has 2 rings (SSSR count). The second-order valence-electron chi connectivity index (χ2n) is 7.79. The first kappa shape index (κ1) is 28.6. The molecule has 2 aromatic carbocycles. The number of halogens is 4. The van der Waals surface area contributed by atoms with Crippen molar-refractivity contribution in [3.63, 3.8) is 0 Å². The van der Waals surface area contributed by atoms with E-state index in [9.17, 15) is 13.2 Å². The van der Waals surface area contributed by atoms with Crippen LogP contribution in [-0.4, -0.2) is 38.8 Å². The van der Waals surface area contributed by atoms with E-state index in [1.807, 2.05) is 45.1 Å². The van der Waals surface area contributed by atoms with Crippen LogP contribution in [0.15, 0.2) is 52.1 Å². The molecule has 0 bridgehead atoms. The van der Waals surface area contributed by atoms with Gasteiger partial charge < -0.3 is 19.0 Å². The Hall–Kier alpha value is -2.68. The lowest BCUT2D eigenvalue weighted by Gasteiger charge is -2.14. The molecular formula is C26H31BrF3NO4. The summed E-state index contributed by atoms with van der Waals surface area (Å²) < 4.78 is 57.2. The Morgan fingerprint density at radius 1 is 0.971 bits per heavy atom. The second kappa shape index (κ2) is 14.0. The monoisotopic (exact) mass is 557 g/mol. The lowest BCUT2D eigenvalue weighted by atomic mass is 10.1. The number of allylic oxidation sites excluding steroid dienone is 1. The van der Waals surface area contributed by atoms with Gasteiger partial charge in [0, 0.05) is 5.56 Å². The third-order valence-electron chi connectivity index (χ3n) is 4.96. The summed E-state index contributed by atoms with van der Waals surface area (Å²) in [6.07, 6.45) is 1.80. The summed E-state index contributed by atoms with van der Waals surface area (Å²) in [6, 6.07) is 8.05. The number of hydrogen-bond acceptors (Lipinski definition) is 5. The van der Waals surface area contributed by atoms with E-state index in [2.05, 4.69) is 25.9 Å². The van der Waals surface area contributed by atoms with E-state index in [-0.39, 0.29) is 5.56 Å². The Balaban J connectivity index is 1.77. The van der Waals surface area contributed by atoms with Gasteiger partial charge >= 0.3 is 6.18 Å². The van der Waals surface area contributed by atoms with Crippen molar-refractivity contribution in [2.75, 3.05) is 26.9 Å². The van der Waals surface area contributed by atoms with Crippen LogP contribution in [0.4, 0.5) is 13.2 Å². The highest BCUT2D eigenvalue weighted by atomic mass is 79.9. The van der Waals surface area contributed by atoms with Gasteiger partial charge in [0.15, 0.2) is 5.71 Å². The van der Waals surface area contributed by atoms with E-state index in [4.69, 9.17) is 14.2 Å². The van der Waals surface area contributed by atoms with Crippen LogP contribution in [0.25, 0.3) is 0 Å². The third-order valence-corrected chi connectivity index (χ3v) is 5.58. The molecule has 5 nitrogen and oxygen atoms in total. The van der Waals surface area contributed by atoms with Gasteiger partial charge in [-0.05, 0) is 97.4 Å². The molecule has 2 aromatic rings. The molecule has 0 fully saturated rings. The number of oxime groups is 1. The van der Waals surface area contributed by atoms with Crippen molar-refractivity contribution in [1.29, 1.82) is 0 Å². The van der Waals surface area contributed by atoms with Crippen molar-refractivity contribution < 1.29 is 32.2 Å². The molecule has 192 valence electrons. The zero-order valence-electron chi connectivity index (χ0n) is 20.4. The lowest BCUT2D eigenvalue weighted by molar-refractivity contribution is -0.0608. The molecule has 0 aromatic heterocycles. The van der Waals surface area contributed by atoms with Crippen molar-refractivity contribution in [2.24, 2.45) is 5.16 Å². The maximum Gasteiger partial charge on any atom is 0.437 e. The number of ether oxygens (including phenoxy) is 3. The van der Waals surface area contributed by atoms with E-state index in [0.29, 0.717) is 30.0 Å². The molecule has 0 saturated heterocycles. The van der Waals surface area contributed by atoms with Crippen molar-refractivity contribution in [1.82, 2.24) is 0 Å². The summed E-state index contributed by atoms with van der Waals surface area (Å²) >= 11 is 3.27. The lowest BCUT2D eigenvalue weighted by Crippen LogP contribution is -2.24. The minimum Gasteiger partial charge on any atom is -0.493 e. The molecule has 0 aliphatic rings. The van der Waals surface area contributed by atoms with Crippen LogP contribution in [0.3, 0.4) is 0 Å². The van der Waals surface area contributed by atoms with Gasteiger partial charge in [-0.25, -0.2) is 0 Å². The zero-order chi connectivity index (χ0) is 25.8. The summed E-state index contributed by atoms with van der Waals surface area (Å²) in [7, 11) is 1.07. The van der Waals surface area contributed by atoms with Crippen LogP contribution in [0.5, 0.6) is 17.2 Å². The summed E-state index contributed by atoms with van der Waals surface area (Å²) in [4.78, 5) is 4.33. The largest absolute Gasteiger partial charge is 0.493 e. The molecule has 0 aliphatic carbocycles. The highest BCUT2D eigenvalue weighted by molar-refractivity contribution is 9.10. The second-order valence-corrected chi connectivity index (χ2v) is 8.64. The summed E-state index contributed by atoms with van der Waals surface area (Å²) in [5.74, 6) is 2.16. The van der Waals surface area contributed by atoms with Crippen LogP contribution >= 0.6 is 15.9 Å². The molecule has 35 heavy (non-hydrogen) atoms. The Kier molecular flexibility index (Phi) is 11.4. The minimum absolute atomic E-state index is 0.112. The van der Waals surface area contributed by atoms with Crippen LogP contribution in [0, 0.1) is 13.8 Å². The quantitative estimate of drug-likeness (QED) is 0.110. The number of hydrogen-bond donors (Lipinski definition) is 0. The standard InChI is InChI=1S/C26H31BrF3NO4/c1-5-6-12-33-21-15-18(2)24(19(3)16-21)35-14-9-7-8-13-34-23-11-10-20(17-22(23)27)25(31-32-4)26(28,29)30/h5-6,10-11,15-17H,7-9,12-14H2,1-4H3/b6-5+,31-25-. The normalized spacial score (nSPS) is 12.2. The Morgan fingerprint density at radius 2 is 1.63 bits per heavy atom. The third kappa shape index (κ3) is 9.12. The number of rotatable bonds is 13. The van der Waals surface area contributed by atoms with Crippen LogP contribution < -0.4 is 14.2 Å². The van der Waals surface area contributed by atoms with Crippen molar-refractivity contribution in [2.45, 2.75) is 46.2 Å². The maximum absolute atomic E-state index is 13.1. The van der Waals surface area contributed by atoms with Crippen LogP contribution in [-0.2, 0) is 4.84 Å². The first-order chi connectivity index (χ1) is 16.7. The topological polar surface area (TPSA) is 49.3 Å². The number of nitrogens with zero attached hydrogens (tertiary/aromatic N) is 1. The number of benzene rings is 2. The van der Waals surface area contributed by atoms with Crippen molar-refractivity contribution in [3.05, 3.63) is 63.6 Å². The van der Waals surface area contributed by atoms with Gasteiger partial charge in [-0.1, -0.05) is 17.3 Å². The molecule has 0 amide bonds. The minimum atomic E-state index is -4.63. The van der Waals surface area contributed by atoms with Crippen LogP contribution in [0.2, 0.25) is 0 Å². The fourth-order valence-electron chi connectivity index (χ4n) is 3.32. The Bertz CT molecular complexity index is 999. The molecule has 0 aliphatic heterocycles. The van der Waals surface area contributed by atoms with Gasteiger partial charge in [-0.3, -0.25) is 0 Å². The van der Waals surface area contributed by atoms with Gasteiger partial charge in [0.2, 0.25) is 0 Å². The van der Waals surface area contributed by atoms with Gasteiger partial charge in [0.25, 0.3) is 0 Å². The van der Waals surface area contributed by atoms with Gasteiger partial charge in [0.1, 0.15) is 31.0 Å². The highest BCUT2D eigenvalue weighted by Crippen LogP contribution is 2.31. The van der Waals surface area contributed by atoms with Crippen molar-refractivity contribution >= 4 is 21.6 Å². The molecule has 0 atom stereocenters. The average Bonchev–Trinajstić information content (AvgIpc) is 2.78. The predicted molar refractivity (Wildman–Crippen MR) is 135 cm³/mol. The molecule has 0 radical (unpaired) electrons. The summed E-state index contributed by atoms with van der Waals surface area (Å²) in [5.41, 5.74) is 0.843. The fraction of sp³-hybridized carbons (Fsp3) is 0.423. The predicted octanol–water partition coefficient (Wildman–Crippen LogP) is 7.56. The molecule has 9 heteroatoms. The summed E-state index contributed by atoms with van der Waals surface area (Å²) in [5, 5.41) is 3.10. The van der Waals surface area contributed by atoms with Gasteiger partial charge in [0.05, 0.1) is 17.7 Å². The van der Waals surface area contributed by atoms with E-state index in [1.165, 1.54) is 18.2 Å². The number of unbranched alkanes of at least 4 members (excludes halogenated alkanes) is 2. The first-order valence-electron chi connectivity index (χ1n) is 11.3. The highest BCUT2D eigenvalue weighted by Gasteiger charge is 2.38. The Labute approximate surface area is 213 Å². The molecular weight excluding hydrogens is 527 g/mol. The fourth-order valence-corrected chi connectivity index (χ4v) is 3.82. The molecule has 0 N–H and O–H groups in total. The molecule has 0 unspecified atom stereocenters. The zero-order valence-corrected chi connectivity index (χ0v) is 22.0.